The second-order valence-corrected chi connectivity index (χ2v) is 5.85. The third-order valence-electron chi connectivity index (χ3n) is 2.75. The van der Waals surface area contributed by atoms with Crippen molar-refractivity contribution in [1.82, 2.24) is 0 Å². The van der Waals surface area contributed by atoms with E-state index in [1.54, 1.807) is 30.3 Å². The van der Waals surface area contributed by atoms with Gasteiger partial charge >= 0.3 is 0 Å². The lowest BCUT2D eigenvalue weighted by molar-refractivity contribution is -0.113. The first-order valence-electron chi connectivity index (χ1n) is 6.34. The summed E-state index contributed by atoms with van der Waals surface area (Å²) in [4.78, 5) is 24.2. The van der Waals surface area contributed by atoms with Crippen LogP contribution >= 0.6 is 23.4 Å². The number of hydrogen-bond acceptors (Lipinski definition) is 3. The maximum Gasteiger partial charge on any atom is 0.234 e. The Morgan fingerprint density at radius 1 is 1.10 bits per heavy atom. The third kappa shape index (κ3) is 4.62. The zero-order chi connectivity index (χ0) is 15.2. The molecule has 0 spiro atoms. The van der Waals surface area contributed by atoms with Crippen molar-refractivity contribution < 1.29 is 9.59 Å². The van der Waals surface area contributed by atoms with Gasteiger partial charge in [-0.1, -0.05) is 29.8 Å². The van der Waals surface area contributed by atoms with Gasteiger partial charge in [-0.05, 0) is 37.3 Å². The molecular weight excluding hydrogens is 306 g/mol. The molecule has 0 bridgehead atoms. The van der Waals surface area contributed by atoms with E-state index in [2.05, 4.69) is 5.32 Å². The van der Waals surface area contributed by atoms with E-state index in [9.17, 15) is 9.59 Å². The van der Waals surface area contributed by atoms with Crippen LogP contribution in [-0.2, 0) is 4.79 Å². The number of thioether (sulfide) groups is 1. The van der Waals surface area contributed by atoms with Crippen molar-refractivity contribution in [1.29, 1.82) is 0 Å². The summed E-state index contributed by atoms with van der Waals surface area (Å²) >= 11 is 7.13. The summed E-state index contributed by atoms with van der Waals surface area (Å²) in [5, 5.41) is 3.41. The van der Waals surface area contributed by atoms with Crippen molar-refractivity contribution in [3.63, 3.8) is 0 Å². The predicted molar refractivity (Wildman–Crippen MR) is 87.3 cm³/mol. The topological polar surface area (TPSA) is 46.2 Å². The number of hydrogen-bond donors (Lipinski definition) is 1. The summed E-state index contributed by atoms with van der Waals surface area (Å²) < 4.78 is 0. The second kappa shape index (κ2) is 7.29. The van der Waals surface area contributed by atoms with Crippen LogP contribution in [0, 0.1) is 0 Å². The minimum Gasteiger partial charge on any atom is -0.325 e. The van der Waals surface area contributed by atoms with E-state index in [0.717, 1.165) is 4.90 Å². The maximum absolute atomic E-state index is 11.9. The van der Waals surface area contributed by atoms with Gasteiger partial charge in [0.05, 0.1) is 5.75 Å². The Hall–Kier alpha value is -1.78. The predicted octanol–water partition coefficient (Wildman–Crippen LogP) is 4.27. The number of Topliss-reactive ketones (excluding diaryl/α,β-unsaturated/α-hetero) is 1. The number of anilines is 1. The molecule has 2 rings (SSSR count). The fourth-order valence-corrected chi connectivity index (χ4v) is 2.78. The molecule has 0 aliphatic carbocycles. The summed E-state index contributed by atoms with van der Waals surface area (Å²) in [5.41, 5.74) is 1.34. The highest BCUT2D eigenvalue weighted by atomic mass is 35.5. The van der Waals surface area contributed by atoms with E-state index in [-0.39, 0.29) is 17.4 Å². The van der Waals surface area contributed by atoms with Gasteiger partial charge in [-0.2, -0.15) is 0 Å². The largest absolute Gasteiger partial charge is 0.325 e. The average molecular weight is 320 g/mol. The summed E-state index contributed by atoms with van der Waals surface area (Å²) in [6, 6.07) is 14.2. The minimum atomic E-state index is -0.124. The van der Waals surface area contributed by atoms with Crippen LogP contribution in [0.15, 0.2) is 53.4 Å². The van der Waals surface area contributed by atoms with Crippen LogP contribution in [0.3, 0.4) is 0 Å². The normalized spacial score (nSPS) is 10.2. The molecule has 0 radical (unpaired) electrons. The number of ketones is 1. The van der Waals surface area contributed by atoms with Gasteiger partial charge in [-0.15, -0.1) is 11.8 Å². The molecule has 21 heavy (non-hydrogen) atoms. The molecule has 2 aromatic carbocycles. The Bertz CT molecular complexity index is 656. The van der Waals surface area contributed by atoms with E-state index >= 15 is 0 Å². The molecule has 0 fully saturated rings. The molecule has 1 amide bonds. The van der Waals surface area contributed by atoms with Crippen LogP contribution in [0.2, 0.25) is 5.02 Å². The molecule has 3 nitrogen and oxygen atoms in total. The number of rotatable bonds is 5. The molecule has 0 saturated carbocycles. The van der Waals surface area contributed by atoms with E-state index in [0.29, 0.717) is 16.3 Å². The Kier molecular flexibility index (Phi) is 5.42. The Labute approximate surface area is 132 Å². The molecule has 108 valence electrons. The molecule has 2 aromatic rings. The molecule has 0 atom stereocenters. The summed E-state index contributed by atoms with van der Waals surface area (Å²) in [7, 11) is 0. The smallest absolute Gasteiger partial charge is 0.234 e. The van der Waals surface area contributed by atoms with Gasteiger partial charge in [0.15, 0.2) is 5.78 Å². The van der Waals surface area contributed by atoms with Crippen molar-refractivity contribution in [3.8, 4) is 0 Å². The van der Waals surface area contributed by atoms with Gasteiger partial charge in [0.1, 0.15) is 0 Å². The highest BCUT2D eigenvalue weighted by molar-refractivity contribution is 8.00. The van der Waals surface area contributed by atoms with Gasteiger partial charge in [-0.25, -0.2) is 0 Å². The van der Waals surface area contributed by atoms with Crippen LogP contribution in [0.25, 0.3) is 0 Å². The Morgan fingerprint density at radius 2 is 1.76 bits per heavy atom. The van der Waals surface area contributed by atoms with Crippen molar-refractivity contribution in [2.45, 2.75) is 11.8 Å². The third-order valence-corrected chi connectivity index (χ3v) is 4.08. The number of benzene rings is 2. The first-order chi connectivity index (χ1) is 10.1. The summed E-state index contributed by atoms with van der Waals surface area (Å²) in [5.74, 6) is 0.115. The van der Waals surface area contributed by atoms with Crippen molar-refractivity contribution >= 4 is 40.7 Å². The van der Waals surface area contributed by atoms with Crippen LogP contribution in [-0.4, -0.2) is 17.4 Å². The van der Waals surface area contributed by atoms with Gasteiger partial charge in [-0.3, -0.25) is 9.59 Å². The van der Waals surface area contributed by atoms with Gasteiger partial charge < -0.3 is 5.32 Å². The fourth-order valence-electron chi connectivity index (χ4n) is 1.76. The lowest BCUT2D eigenvalue weighted by Gasteiger charge is -2.07. The van der Waals surface area contributed by atoms with Crippen molar-refractivity contribution in [3.05, 3.63) is 59.1 Å². The lowest BCUT2D eigenvalue weighted by atomic mass is 10.1. The highest BCUT2D eigenvalue weighted by Crippen LogP contribution is 2.23. The fraction of sp³-hybridized carbons (Fsp3) is 0.125. The molecule has 0 aromatic heterocycles. The first kappa shape index (κ1) is 15.6. The SMILES string of the molecule is CC(=O)c1ccccc1SCC(=O)Nc1ccc(Cl)cc1. The first-order valence-corrected chi connectivity index (χ1v) is 7.71. The molecule has 0 aliphatic rings. The van der Waals surface area contributed by atoms with Crippen LogP contribution in [0.5, 0.6) is 0 Å². The molecule has 5 heteroatoms. The quantitative estimate of drug-likeness (QED) is 0.661. The minimum absolute atomic E-state index is 0.00351. The molecule has 1 N–H and O–H groups in total. The second-order valence-electron chi connectivity index (χ2n) is 4.40. The number of carbonyl (C=O) groups is 2. The highest BCUT2D eigenvalue weighted by Gasteiger charge is 2.09. The molecule has 0 aliphatic heterocycles. The number of halogens is 1. The van der Waals surface area contributed by atoms with Crippen molar-refractivity contribution in [2.75, 3.05) is 11.1 Å². The average Bonchev–Trinajstić information content (AvgIpc) is 2.48. The van der Waals surface area contributed by atoms with E-state index in [1.807, 2.05) is 18.2 Å². The summed E-state index contributed by atoms with van der Waals surface area (Å²) in [6.45, 7) is 1.52. The van der Waals surface area contributed by atoms with E-state index < -0.39 is 0 Å². The van der Waals surface area contributed by atoms with E-state index in [1.165, 1.54) is 18.7 Å². The van der Waals surface area contributed by atoms with Crippen LogP contribution in [0.1, 0.15) is 17.3 Å². The van der Waals surface area contributed by atoms with Gasteiger partial charge in [0.2, 0.25) is 5.91 Å². The Morgan fingerprint density at radius 3 is 2.43 bits per heavy atom. The summed E-state index contributed by atoms with van der Waals surface area (Å²) in [6.07, 6.45) is 0. The lowest BCUT2D eigenvalue weighted by Crippen LogP contribution is -2.14. The van der Waals surface area contributed by atoms with Crippen LogP contribution < -0.4 is 5.32 Å². The Balaban J connectivity index is 1.95. The zero-order valence-corrected chi connectivity index (χ0v) is 13.0. The van der Waals surface area contributed by atoms with E-state index in [4.69, 9.17) is 11.6 Å². The van der Waals surface area contributed by atoms with Crippen LogP contribution in [0.4, 0.5) is 5.69 Å². The monoisotopic (exact) mass is 319 g/mol. The molecule has 0 unspecified atom stereocenters. The zero-order valence-electron chi connectivity index (χ0n) is 11.4. The number of amides is 1. The van der Waals surface area contributed by atoms with Crippen molar-refractivity contribution in [2.24, 2.45) is 0 Å². The standard InChI is InChI=1S/C16H14ClNO2S/c1-11(19)14-4-2-3-5-15(14)21-10-16(20)18-13-8-6-12(17)7-9-13/h2-9H,10H2,1H3,(H,18,20). The molecular formula is C16H14ClNO2S. The van der Waals surface area contributed by atoms with Gasteiger partial charge in [0.25, 0.3) is 0 Å². The maximum atomic E-state index is 11.9. The molecule has 0 heterocycles. The number of carbonyl (C=O) groups excluding carboxylic acids is 2. The van der Waals surface area contributed by atoms with Gasteiger partial charge in [0, 0.05) is 21.2 Å². The number of nitrogens with one attached hydrogen (secondary N) is 1. The molecule has 0 saturated heterocycles.